The van der Waals surface area contributed by atoms with Gasteiger partial charge in [-0.2, -0.15) is 18.2 Å². The summed E-state index contributed by atoms with van der Waals surface area (Å²) in [5.74, 6) is 0. The molecular formula is C20H29CrLiNO4Si2+. The third kappa shape index (κ3) is 13.5. The Kier molecular flexibility index (Phi) is 22.9. The van der Waals surface area contributed by atoms with Crippen molar-refractivity contribution in [2.24, 2.45) is 0 Å². The van der Waals surface area contributed by atoms with E-state index in [0.29, 0.717) is 6.73 Å². The first-order valence-corrected chi connectivity index (χ1v) is 15.7. The van der Waals surface area contributed by atoms with E-state index in [-0.39, 0.29) is 36.2 Å². The summed E-state index contributed by atoms with van der Waals surface area (Å²) >= 11 is 0. The summed E-state index contributed by atoms with van der Waals surface area (Å²) in [6.45, 7) is 29.5. The first kappa shape index (κ1) is 36.0. The second kappa shape index (κ2) is 18.4. The Balaban J connectivity index is -0.000000358. The van der Waals surface area contributed by atoms with Crippen LogP contribution in [-0.2, 0) is 42.5 Å². The standard InChI is InChI=1S/C17H29NOSi2.3CO.Cr.Li/c1-20(2,3)12-11-19-14-18-16-10-8-7-9-15(16)13-17(18)21(4,5)6;3*1-2;;/h7-9H,11-14H2,1-6H3;;;;;/q;;;;;+1. The molecule has 1 aromatic rings. The third-order valence-corrected chi connectivity index (χ3v) is 7.84. The molecule has 0 saturated heterocycles. The molecule has 0 N–H and O–H groups in total. The molecule has 0 unspecified atom stereocenters. The normalized spacial score (nSPS) is 11.4. The van der Waals surface area contributed by atoms with E-state index in [1.807, 2.05) is 6.07 Å². The van der Waals surface area contributed by atoms with Gasteiger partial charge in [0.05, 0.1) is 12.3 Å². The van der Waals surface area contributed by atoms with Crippen molar-refractivity contribution in [1.29, 1.82) is 0 Å². The Labute approximate surface area is 200 Å². The van der Waals surface area contributed by atoms with E-state index < -0.39 is 16.1 Å². The fourth-order valence-corrected chi connectivity index (χ4v) is 5.08. The van der Waals surface area contributed by atoms with E-state index >= 15 is 0 Å². The van der Waals surface area contributed by atoms with Crippen molar-refractivity contribution in [3.63, 3.8) is 0 Å². The molecule has 1 aliphatic heterocycles. The minimum Gasteiger partial charge on any atom is 0 e. The van der Waals surface area contributed by atoms with Crippen LogP contribution in [0.5, 0.6) is 0 Å². The molecule has 9 heteroatoms. The van der Waals surface area contributed by atoms with Crippen LogP contribution in [-0.4, -0.2) is 39.4 Å². The smallest absolute Gasteiger partial charge is 0 e. The summed E-state index contributed by atoms with van der Waals surface area (Å²) in [6.07, 6.45) is 1.08. The van der Waals surface area contributed by atoms with Crippen LogP contribution < -0.4 is 18.9 Å². The van der Waals surface area contributed by atoms with Crippen molar-refractivity contribution in [2.45, 2.75) is 51.7 Å². The SMILES string of the molecule is C[Si](C)(C)CCOC[N+]1=C([Si](C)(C)C)Cc2ccc[c-]c21.[C-]#[O+].[C-]#[O+].[C-]#[O+].[Cr].[Li+]. The fourth-order valence-electron chi connectivity index (χ4n) is 2.61. The maximum absolute atomic E-state index is 7.50. The molecule has 0 spiro atoms. The molecule has 5 nitrogen and oxygen atoms in total. The van der Waals surface area contributed by atoms with Crippen LogP contribution in [0.25, 0.3) is 0 Å². The van der Waals surface area contributed by atoms with Crippen LogP contribution in [0.4, 0.5) is 5.69 Å². The fraction of sp³-hybridized carbons (Fsp3) is 0.500. The zero-order chi connectivity index (χ0) is 21.7. The molecule has 0 saturated carbocycles. The summed E-state index contributed by atoms with van der Waals surface area (Å²) < 4.78 is 30.9. The predicted octanol–water partition coefficient (Wildman–Crippen LogP) is 1.21. The van der Waals surface area contributed by atoms with Gasteiger partial charge in [0.1, 0.15) is 5.33 Å². The Morgan fingerprint density at radius 1 is 1.03 bits per heavy atom. The van der Waals surface area contributed by atoms with E-state index in [9.17, 15) is 0 Å². The van der Waals surface area contributed by atoms with Gasteiger partial charge in [-0.05, 0) is 6.04 Å². The minimum atomic E-state index is -1.33. The van der Waals surface area contributed by atoms with E-state index in [1.165, 1.54) is 17.3 Å². The molecule has 0 fully saturated rings. The molecule has 0 aliphatic carbocycles. The zero-order valence-corrected chi connectivity index (χ0v) is 21.8. The second-order valence-electron chi connectivity index (χ2n) is 8.19. The molecule has 0 radical (unpaired) electrons. The molecule has 29 heavy (non-hydrogen) atoms. The van der Waals surface area contributed by atoms with Crippen molar-refractivity contribution in [2.75, 3.05) is 13.3 Å². The second-order valence-corrected chi connectivity index (χ2v) is 18.9. The summed E-state index contributed by atoms with van der Waals surface area (Å²) in [7, 11) is -2.34. The number of fused-ring (bicyclic) bond motifs is 1. The third-order valence-electron chi connectivity index (χ3n) is 3.95. The molecular weight excluding hydrogens is 433 g/mol. The average Bonchev–Trinajstić information content (AvgIpc) is 3.02. The van der Waals surface area contributed by atoms with Crippen molar-refractivity contribution in [3.05, 3.63) is 49.8 Å². The van der Waals surface area contributed by atoms with Crippen molar-refractivity contribution in [1.82, 2.24) is 0 Å². The molecule has 1 aliphatic rings. The molecule has 2 rings (SSSR count). The van der Waals surface area contributed by atoms with Gasteiger partial charge in [-0.15, -0.1) is 6.07 Å². The predicted molar refractivity (Wildman–Crippen MR) is 108 cm³/mol. The molecule has 0 bridgehead atoms. The molecule has 152 valence electrons. The van der Waals surface area contributed by atoms with Crippen molar-refractivity contribution < 1.29 is 59.5 Å². The zero-order valence-electron chi connectivity index (χ0n) is 18.5. The Morgan fingerprint density at radius 2 is 1.55 bits per heavy atom. The van der Waals surface area contributed by atoms with E-state index in [4.69, 9.17) is 18.7 Å². The van der Waals surface area contributed by atoms with E-state index in [0.717, 1.165) is 13.0 Å². The molecule has 0 aromatic heterocycles. The van der Waals surface area contributed by atoms with Crippen LogP contribution in [0, 0.1) is 26.0 Å². The van der Waals surface area contributed by atoms with Crippen LogP contribution in [0.3, 0.4) is 0 Å². The largest absolute Gasteiger partial charge is 1.00 e. The van der Waals surface area contributed by atoms with Gasteiger partial charge in [0.15, 0.2) is 8.07 Å². The monoisotopic (exact) mass is 462 g/mol. The summed E-state index contributed by atoms with van der Waals surface area (Å²) in [4.78, 5) is 0. The maximum Gasteiger partial charge on any atom is 1.00 e. The van der Waals surface area contributed by atoms with Crippen LogP contribution in [0.1, 0.15) is 5.56 Å². The van der Waals surface area contributed by atoms with Gasteiger partial charge in [-0.25, -0.2) is 4.58 Å². The van der Waals surface area contributed by atoms with Crippen LogP contribution in [0.15, 0.2) is 18.2 Å². The number of benzene rings is 1. The number of hydrogen-bond donors (Lipinski definition) is 0. The van der Waals surface area contributed by atoms with E-state index in [2.05, 4.69) is 82.0 Å². The number of rotatable bonds is 6. The van der Waals surface area contributed by atoms with Crippen molar-refractivity contribution >= 4 is 27.2 Å². The summed E-state index contributed by atoms with van der Waals surface area (Å²) in [6, 6.07) is 11.0. The van der Waals surface area contributed by atoms with E-state index in [1.54, 1.807) is 5.33 Å². The Hall–Kier alpha value is -0.366. The van der Waals surface area contributed by atoms with Gasteiger partial charge in [0.2, 0.25) is 0 Å². The van der Waals surface area contributed by atoms with Gasteiger partial charge < -0.3 is 4.74 Å². The first-order valence-electron chi connectivity index (χ1n) is 8.51. The summed E-state index contributed by atoms with van der Waals surface area (Å²) in [5.41, 5.74) is 2.65. The van der Waals surface area contributed by atoms with Crippen LogP contribution >= 0.6 is 0 Å². The number of hydrogen-bond acceptors (Lipinski definition) is 1. The van der Waals surface area contributed by atoms with Crippen LogP contribution in [0.2, 0.25) is 45.3 Å². The number of nitrogens with zero attached hydrogens (tertiary/aromatic N) is 1. The Morgan fingerprint density at radius 3 is 2.00 bits per heavy atom. The quantitative estimate of drug-likeness (QED) is 0.206. The first-order chi connectivity index (χ1) is 12.7. The van der Waals surface area contributed by atoms with Gasteiger partial charge in [-0.3, -0.25) is 0 Å². The minimum absolute atomic E-state index is 0. The molecule has 0 atom stereocenters. The van der Waals surface area contributed by atoms with Gasteiger partial charge in [-0.1, -0.05) is 44.8 Å². The number of ether oxygens (including phenoxy) is 1. The molecule has 1 heterocycles. The van der Waals surface area contributed by atoms with Gasteiger partial charge in [0, 0.05) is 31.9 Å². The maximum atomic E-state index is 7.50. The summed E-state index contributed by atoms with van der Waals surface area (Å²) in [5, 5.41) is 1.58. The van der Waals surface area contributed by atoms with Gasteiger partial charge >= 0.3 is 52.8 Å². The average molecular weight is 463 g/mol. The number of para-hydroxylation sites is 1. The molecule has 1 aromatic carbocycles. The topological polar surface area (TPSA) is 71.9 Å². The Bertz CT molecular complexity index is 663. The van der Waals surface area contributed by atoms with Crippen molar-refractivity contribution in [3.8, 4) is 0 Å². The van der Waals surface area contributed by atoms with Gasteiger partial charge in [0.25, 0.3) is 6.73 Å². The molecule has 0 amide bonds.